The zero-order valence-electron chi connectivity index (χ0n) is 16.7. The average Bonchev–Trinajstić information content (AvgIpc) is 3.57. The first-order valence-corrected chi connectivity index (χ1v) is 9.65. The number of anilines is 1. The van der Waals surface area contributed by atoms with Gasteiger partial charge in [0.2, 0.25) is 0 Å². The molecule has 5 rings (SSSR count). The molecule has 1 unspecified atom stereocenters. The van der Waals surface area contributed by atoms with Crippen LogP contribution in [0.2, 0.25) is 0 Å². The summed E-state index contributed by atoms with van der Waals surface area (Å²) >= 11 is 0. The van der Waals surface area contributed by atoms with Gasteiger partial charge in [-0.1, -0.05) is 6.07 Å². The number of aromatic nitrogens is 1. The van der Waals surface area contributed by atoms with Crippen LogP contribution in [0.15, 0.2) is 108 Å². The summed E-state index contributed by atoms with van der Waals surface area (Å²) < 4.78 is 5.24. The fourth-order valence-electron chi connectivity index (χ4n) is 3.36. The molecule has 0 aliphatic carbocycles. The van der Waals surface area contributed by atoms with Crippen LogP contribution in [0.4, 0.5) is 5.82 Å². The van der Waals surface area contributed by atoms with Gasteiger partial charge >= 0.3 is 17.1 Å². The molecule has 0 N–H and O–H groups in total. The van der Waals surface area contributed by atoms with Crippen LogP contribution >= 0.6 is 0 Å². The van der Waals surface area contributed by atoms with E-state index in [9.17, 15) is 0 Å². The van der Waals surface area contributed by atoms with E-state index in [-0.39, 0.29) is 23.1 Å². The standard InChI is InChI=1S/C20H18N3O.C5H5.Fe/c1-24-17-11-9-15(10-12-17)18-14-19(16-6-2-3-7-16)23(22-18)20-8-4-5-13-21-20;1-2-4-5-3-1;/h2-13,19H,14H2,1H3;1-5H;/q2*-1;+2. The predicted molar refractivity (Wildman–Crippen MR) is 118 cm³/mol. The van der Waals surface area contributed by atoms with Crippen molar-refractivity contribution < 1.29 is 21.8 Å². The molecule has 152 valence electrons. The molecule has 0 spiro atoms. The summed E-state index contributed by atoms with van der Waals surface area (Å²) in [6, 6.07) is 32.6. The Morgan fingerprint density at radius 2 is 1.70 bits per heavy atom. The molecule has 0 amide bonds. The number of rotatable bonds is 4. The van der Waals surface area contributed by atoms with Gasteiger partial charge in [0.05, 0.1) is 12.8 Å². The fourth-order valence-corrected chi connectivity index (χ4v) is 3.36. The van der Waals surface area contributed by atoms with Crippen molar-refractivity contribution in [2.45, 2.75) is 12.5 Å². The van der Waals surface area contributed by atoms with Gasteiger partial charge in [0.25, 0.3) is 0 Å². The van der Waals surface area contributed by atoms with Crippen LogP contribution in [0.25, 0.3) is 0 Å². The largest absolute Gasteiger partial charge is 2.00 e. The third-order valence-electron chi connectivity index (χ3n) is 4.85. The van der Waals surface area contributed by atoms with Gasteiger partial charge in [0, 0.05) is 18.7 Å². The Balaban J connectivity index is 0.000000376. The topological polar surface area (TPSA) is 37.7 Å². The van der Waals surface area contributed by atoms with Crippen LogP contribution in [0.5, 0.6) is 5.75 Å². The van der Waals surface area contributed by atoms with E-state index in [0.717, 1.165) is 29.3 Å². The van der Waals surface area contributed by atoms with Crippen LogP contribution in [-0.4, -0.2) is 17.8 Å². The number of ether oxygens (including phenoxy) is 1. The average molecular weight is 437 g/mol. The van der Waals surface area contributed by atoms with E-state index in [4.69, 9.17) is 9.84 Å². The molecule has 30 heavy (non-hydrogen) atoms. The van der Waals surface area contributed by atoms with E-state index in [1.165, 1.54) is 5.56 Å². The summed E-state index contributed by atoms with van der Waals surface area (Å²) in [5, 5.41) is 6.89. The molecule has 4 nitrogen and oxygen atoms in total. The van der Waals surface area contributed by atoms with E-state index >= 15 is 0 Å². The summed E-state index contributed by atoms with van der Waals surface area (Å²) in [6.45, 7) is 0. The van der Waals surface area contributed by atoms with Crippen LogP contribution in [-0.2, 0) is 17.1 Å². The number of benzene rings is 1. The molecule has 2 heterocycles. The van der Waals surface area contributed by atoms with Gasteiger partial charge in [0.1, 0.15) is 11.6 Å². The fraction of sp³-hybridized carbons (Fsp3) is 0.120. The molecule has 1 aliphatic heterocycles. The van der Waals surface area contributed by atoms with Gasteiger partial charge in [0.15, 0.2) is 0 Å². The van der Waals surface area contributed by atoms with Gasteiger partial charge in [-0.25, -0.2) is 29.2 Å². The van der Waals surface area contributed by atoms with Gasteiger partial charge in [-0.2, -0.15) is 35.4 Å². The molecule has 1 aliphatic rings. The normalized spacial score (nSPS) is 14.9. The first-order chi connectivity index (χ1) is 14.3. The minimum absolute atomic E-state index is 0. The Bertz CT molecular complexity index is 993. The third kappa shape index (κ3) is 5.06. The Hall–Kier alpha value is -3.14. The molecule has 1 aromatic heterocycles. The molecule has 5 heteroatoms. The summed E-state index contributed by atoms with van der Waals surface area (Å²) in [7, 11) is 1.68. The zero-order valence-corrected chi connectivity index (χ0v) is 17.8. The summed E-state index contributed by atoms with van der Waals surface area (Å²) in [5.41, 5.74) is 3.44. The van der Waals surface area contributed by atoms with Crippen LogP contribution in [0, 0.1) is 0 Å². The zero-order chi connectivity index (χ0) is 19.9. The molecule has 0 saturated heterocycles. The summed E-state index contributed by atoms with van der Waals surface area (Å²) in [4.78, 5) is 4.48. The Morgan fingerprint density at radius 3 is 2.27 bits per heavy atom. The van der Waals surface area contributed by atoms with E-state index in [1.807, 2.05) is 65.7 Å². The number of hydrogen-bond donors (Lipinski definition) is 0. The molecule has 3 aromatic carbocycles. The van der Waals surface area contributed by atoms with E-state index in [0.29, 0.717) is 0 Å². The van der Waals surface area contributed by atoms with Crippen molar-refractivity contribution in [3.8, 4) is 5.75 Å². The molecule has 4 aromatic rings. The van der Waals surface area contributed by atoms with E-state index in [2.05, 4.69) is 41.4 Å². The van der Waals surface area contributed by atoms with Crippen LogP contribution in [0.1, 0.15) is 23.6 Å². The minimum Gasteiger partial charge on any atom is -0.497 e. The number of hydrogen-bond acceptors (Lipinski definition) is 4. The monoisotopic (exact) mass is 437 g/mol. The van der Waals surface area contributed by atoms with Crippen LogP contribution in [0.3, 0.4) is 0 Å². The van der Waals surface area contributed by atoms with Crippen molar-refractivity contribution >= 4 is 11.5 Å². The molecule has 0 fully saturated rings. The number of hydrazone groups is 1. The van der Waals surface area contributed by atoms with Crippen molar-refractivity contribution in [3.63, 3.8) is 0 Å². The van der Waals surface area contributed by atoms with Crippen molar-refractivity contribution in [1.29, 1.82) is 0 Å². The Morgan fingerprint density at radius 1 is 0.967 bits per heavy atom. The van der Waals surface area contributed by atoms with E-state index < -0.39 is 0 Å². The summed E-state index contributed by atoms with van der Waals surface area (Å²) in [6.07, 6.45) is 2.66. The third-order valence-corrected chi connectivity index (χ3v) is 4.85. The van der Waals surface area contributed by atoms with Crippen molar-refractivity contribution in [3.05, 3.63) is 114 Å². The minimum atomic E-state index is 0. The SMILES string of the molecule is COc1ccc(C2=NN(c3ccccn3)C([c-]3cccc3)C2)cc1.[Fe+2].c1cc[cH-]c1. The predicted octanol–water partition coefficient (Wildman–Crippen LogP) is 5.57. The first-order valence-electron chi connectivity index (χ1n) is 9.65. The number of pyridine rings is 1. The maximum absolute atomic E-state index is 5.24. The summed E-state index contributed by atoms with van der Waals surface area (Å²) in [5.74, 6) is 1.72. The van der Waals surface area contributed by atoms with Gasteiger partial charge in [-0.3, -0.25) is 5.01 Å². The maximum atomic E-state index is 5.24. The number of nitrogens with zero attached hydrogens (tertiary/aromatic N) is 3. The molecular weight excluding hydrogens is 414 g/mol. The second-order valence-electron chi connectivity index (χ2n) is 6.71. The van der Waals surface area contributed by atoms with Gasteiger partial charge in [-0.05, 0) is 42.0 Å². The second-order valence-corrected chi connectivity index (χ2v) is 6.71. The molecule has 1 atom stereocenters. The van der Waals surface area contributed by atoms with Crippen LogP contribution < -0.4 is 9.75 Å². The molecule has 0 bridgehead atoms. The Kier molecular flexibility index (Phi) is 7.61. The van der Waals surface area contributed by atoms with Crippen molar-refractivity contribution in [2.75, 3.05) is 12.1 Å². The van der Waals surface area contributed by atoms with Crippen molar-refractivity contribution in [2.24, 2.45) is 5.10 Å². The number of methoxy groups -OCH3 is 1. The first kappa shape index (κ1) is 21.6. The maximum Gasteiger partial charge on any atom is 2.00 e. The van der Waals surface area contributed by atoms with Gasteiger partial charge in [-0.15, -0.1) is 5.56 Å². The van der Waals surface area contributed by atoms with E-state index in [1.54, 1.807) is 13.3 Å². The molecule has 0 saturated carbocycles. The molecule has 0 radical (unpaired) electrons. The Labute approximate surface area is 188 Å². The molecular formula is C25H23FeN3O. The second kappa shape index (κ2) is 10.6. The van der Waals surface area contributed by atoms with Gasteiger partial charge < -0.3 is 4.74 Å². The quantitative estimate of drug-likeness (QED) is 0.310. The van der Waals surface area contributed by atoms with Crippen molar-refractivity contribution in [1.82, 2.24) is 4.98 Å². The smallest absolute Gasteiger partial charge is 0.497 e.